The molecule has 0 bridgehead atoms. The van der Waals surface area contributed by atoms with Crippen molar-refractivity contribution in [2.45, 2.75) is 20.4 Å². The number of esters is 1. The van der Waals surface area contributed by atoms with E-state index in [0.717, 1.165) is 0 Å². The molecule has 2 rings (SSSR count). The standard InChI is InChI=1S/C12H14N4O4/c1-7-11(8(2)20-15-7)12(18)14-9-4-13-16(5-9)6-10(17)19-3/h4-5H,6H2,1-3H3,(H,14,18). The van der Waals surface area contributed by atoms with E-state index in [-0.39, 0.29) is 12.5 Å². The minimum Gasteiger partial charge on any atom is -0.468 e. The van der Waals surface area contributed by atoms with Crippen molar-refractivity contribution in [1.29, 1.82) is 0 Å². The molecule has 0 radical (unpaired) electrons. The smallest absolute Gasteiger partial charge is 0.327 e. The number of methoxy groups -OCH3 is 1. The van der Waals surface area contributed by atoms with Crippen molar-refractivity contribution < 1.29 is 18.8 Å². The van der Waals surface area contributed by atoms with Crippen molar-refractivity contribution >= 4 is 17.6 Å². The van der Waals surface area contributed by atoms with E-state index in [1.165, 1.54) is 24.2 Å². The average Bonchev–Trinajstić information content (AvgIpc) is 2.96. The molecule has 20 heavy (non-hydrogen) atoms. The highest BCUT2D eigenvalue weighted by Gasteiger charge is 2.18. The summed E-state index contributed by atoms with van der Waals surface area (Å²) in [6.45, 7) is 3.33. The number of aromatic nitrogens is 3. The number of rotatable bonds is 4. The van der Waals surface area contributed by atoms with Crippen LogP contribution >= 0.6 is 0 Å². The van der Waals surface area contributed by atoms with Crippen LogP contribution in [0.2, 0.25) is 0 Å². The van der Waals surface area contributed by atoms with Crippen molar-refractivity contribution in [1.82, 2.24) is 14.9 Å². The molecule has 0 aliphatic heterocycles. The van der Waals surface area contributed by atoms with Crippen molar-refractivity contribution in [3.63, 3.8) is 0 Å². The Balaban J connectivity index is 2.07. The Labute approximate surface area is 114 Å². The van der Waals surface area contributed by atoms with Crippen molar-refractivity contribution in [3.8, 4) is 0 Å². The van der Waals surface area contributed by atoms with Gasteiger partial charge in [-0.15, -0.1) is 0 Å². The summed E-state index contributed by atoms with van der Waals surface area (Å²) in [6.07, 6.45) is 2.98. The van der Waals surface area contributed by atoms with Gasteiger partial charge in [-0.25, -0.2) is 0 Å². The Morgan fingerprint density at radius 3 is 2.80 bits per heavy atom. The molecule has 0 aliphatic carbocycles. The van der Waals surface area contributed by atoms with E-state index in [1.807, 2.05) is 0 Å². The van der Waals surface area contributed by atoms with E-state index < -0.39 is 5.97 Å². The fourth-order valence-electron chi connectivity index (χ4n) is 1.71. The molecule has 106 valence electrons. The largest absolute Gasteiger partial charge is 0.468 e. The Kier molecular flexibility index (Phi) is 3.83. The molecule has 0 atom stereocenters. The zero-order chi connectivity index (χ0) is 14.7. The summed E-state index contributed by atoms with van der Waals surface area (Å²) >= 11 is 0. The maximum absolute atomic E-state index is 12.1. The highest BCUT2D eigenvalue weighted by atomic mass is 16.5. The molecule has 2 heterocycles. The van der Waals surface area contributed by atoms with Gasteiger partial charge in [-0.3, -0.25) is 14.3 Å². The molecule has 2 aromatic rings. The van der Waals surface area contributed by atoms with Crippen molar-refractivity contribution in [2.75, 3.05) is 12.4 Å². The van der Waals surface area contributed by atoms with Crippen LogP contribution in [0.15, 0.2) is 16.9 Å². The summed E-state index contributed by atoms with van der Waals surface area (Å²) in [6, 6.07) is 0. The van der Waals surface area contributed by atoms with E-state index in [4.69, 9.17) is 4.52 Å². The average molecular weight is 278 g/mol. The number of nitrogens with one attached hydrogen (secondary N) is 1. The summed E-state index contributed by atoms with van der Waals surface area (Å²) < 4.78 is 10.8. The second kappa shape index (κ2) is 5.55. The van der Waals surface area contributed by atoms with E-state index in [9.17, 15) is 9.59 Å². The highest BCUT2D eigenvalue weighted by molar-refractivity contribution is 6.05. The number of hydrogen-bond acceptors (Lipinski definition) is 6. The molecule has 2 aromatic heterocycles. The van der Waals surface area contributed by atoms with E-state index in [2.05, 4.69) is 20.3 Å². The Bertz CT molecular complexity index is 624. The van der Waals surface area contributed by atoms with Crippen LogP contribution in [0.1, 0.15) is 21.8 Å². The van der Waals surface area contributed by atoms with Crippen LogP contribution in [0.5, 0.6) is 0 Å². The molecule has 1 amide bonds. The SMILES string of the molecule is COC(=O)Cn1cc(NC(=O)c2c(C)noc2C)cn1. The van der Waals surface area contributed by atoms with Crippen LogP contribution in [0.25, 0.3) is 0 Å². The lowest BCUT2D eigenvalue weighted by atomic mass is 10.2. The first kappa shape index (κ1) is 13.8. The number of anilines is 1. The maximum Gasteiger partial charge on any atom is 0.327 e. The number of nitrogens with zero attached hydrogens (tertiary/aromatic N) is 3. The first-order valence-electron chi connectivity index (χ1n) is 5.84. The predicted octanol–water partition coefficient (Wildman–Crippen LogP) is 0.913. The monoisotopic (exact) mass is 278 g/mol. The van der Waals surface area contributed by atoms with Gasteiger partial charge in [-0.05, 0) is 13.8 Å². The summed E-state index contributed by atoms with van der Waals surface area (Å²) in [5.41, 5.74) is 1.38. The number of carbonyl (C=O) groups excluding carboxylic acids is 2. The van der Waals surface area contributed by atoms with Crippen LogP contribution in [-0.4, -0.2) is 33.9 Å². The summed E-state index contributed by atoms with van der Waals surface area (Å²) in [5.74, 6) is -0.308. The van der Waals surface area contributed by atoms with Gasteiger partial charge < -0.3 is 14.6 Å². The van der Waals surface area contributed by atoms with Crippen LogP contribution in [0.3, 0.4) is 0 Å². The third kappa shape index (κ3) is 2.85. The van der Waals surface area contributed by atoms with Crippen LogP contribution in [-0.2, 0) is 16.1 Å². The fraction of sp³-hybridized carbons (Fsp3) is 0.333. The molecular formula is C12H14N4O4. The number of amides is 1. The van der Waals surface area contributed by atoms with Gasteiger partial charge in [0.2, 0.25) is 0 Å². The molecule has 0 fully saturated rings. The van der Waals surface area contributed by atoms with Gasteiger partial charge in [0, 0.05) is 6.20 Å². The Hall–Kier alpha value is -2.64. The zero-order valence-corrected chi connectivity index (χ0v) is 11.3. The molecule has 0 aromatic carbocycles. The van der Waals surface area contributed by atoms with E-state index in [1.54, 1.807) is 13.8 Å². The fourth-order valence-corrected chi connectivity index (χ4v) is 1.71. The summed E-state index contributed by atoms with van der Waals surface area (Å²) in [5, 5.41) is 10.3. The topological polar surface area (TPSA) is 99.2 Å². The molecule has 0 unspecified atom stereocenters. The maximum atomic E-state index is 12.1. The van der Waals surface area contributed by atoms with E-state index in [0.29, 0.717) is 22.7 Å². The van der Waals surface area contributed by atoms with Gasteiger partial charge in [-0.1, -0.05) is 5.16 Å². The lowest BCUT2D eigenvalue weighted by molar-refractivity contribution is -0.141. The summed E-state index contributed by atoms with van der Waals surface area (Å²) in [7, 11) is 1.30. The van der Waals surface area contributed by atoms with Gasteiger partial charge in [0.25, 0.3) is 5.91 Å². The second-order valence-corrected chi connectivity index (χ2v) is 4.16. The second-order valence-electron chi connectivity index (χ2n) is 4.16. The molecule has 0 saturated heterocycles. The number of carbonyl (C=O) groups is 2. The first-order valence-corrected chi connectivity index (χ1v) is 5.84. The third-order valence-corrected chi connectivity index (χ3v) is 2.67. The molecule has 0 spiro atoms. The van der Waals surface area contributed by atoms with Gasteiger partial charge in [0.1, 0.15) is 17.9 Å². The Morgan fingerprint density at radius 1 is 1.45 bits per heavy atom. The van der Waals surface area contributed by atoms with Gasteiger partial charge >= 0.3 is 5.97 Å². The minimum atomic E-state index is -0.420. The van der Waals surface area contributed by atoms with Crippen LogP contribution < -0.4 is 5.32 Å². The first-order chi connectivity index (χ1) is 9.51. The minimum absolute atomic E-state index is 0.0162. The lowest BCUT2D eigenvalue weighted by Gasteiger charge is -2.01. The molecule has 0 aliphatic rings. The number of ether oxygens (including phenoxy) is 1. The zero-order valence-electron chi connectivity index (χ0n) is 11.3. The highest BCUT2D eigenvalue weighted by Crippen LogP contribution is 2.15. The lowest BCUT2D eigenvalue weighted by Crippen LogP contribution is -2.14. The number of hydrogen-bond donors (Lipinski definition) is 1. The summed E-state index contributed by atoms with van der Waals surface area (Å²) in [4.78, 5) is 23.2. The number of aryl methyl sites for hydroxylation is 2. The molecule has 1 N–H and O–H groups in total. The predicted molar refractivity (Wildman–Crippen MR) is 68.2 cm³/mol. The normalized spacial score (nSPS) is 10.3. The van der Waals surface area contributed by atoms with Crippen LogP contribution in [0.4, 0.5) is 5.69 Å². The van der Waals surface area contributed by atoms with E-state index >= 15 is 0 Å². The molecular weight excluding hydrogens is 264 g/mol. The quantitative estimate of drug-likeness (QED) is 0.834. The van der Waals surface area contributed by atoms with Crippen molar-refractivity contribution in [3.05, 3.63) is 29.4 Å². The third-order valence-electron chi connectivity index (χ3n) is 2.67. The van der Waals surface area contributed by atoms with Gasteiger partial charge in [0.05, 0.1) is 24.7 Å². The molecule has 8 heteroatoms. The van der Waals surface area contributed by atoms with Gasteiger partial charge in [0.15, 0.2) is 0 Å². The molecule has 8 nitrogen and oxygen atoms in total. The van der Waals surface area contributed by atoms with Crippen LogP contribution in [0, 0.1) is 13.8 Å². The molecule has 0 saturated carbocycles. The Morgan fingerprint density at radius 2 is 2.20 bits per heavy atom. The van der Waals surface area contributed by atoms with Gasteiger partial charge in [-0.2, -0.15) is 5.10 Å². The van der Waals surface area contributed by atoms with Crippen molar-refractivity contribution in [2.24, 2.45) is 0 Å².